The van der Waals surface area contributed by atoms with Gasteiger partial charge in [0, 0.05) is 37.1 Å². The van der Waals surface area contributed by atoms with Crippen molar-refractivity contribution >= 4 is 0 Å². The molecule has 0 aliphatic heterocycles. The van der Waals surface area contributed by atoms with E-state index in [1.807, 2.05) is 0 Å². The summed E-state index contributed by atoms with van der Waals surface area (Å²) < 4.78 is 75.0. The predicted octanol–water partition coefficient (Wildman–Crippen LogP) is 2.41. The minimum absolute atomic E-state index is 0. The minimum Gasteiger partial charge on any atom is 0 e. The van der Waals surface area contributed by atoms with E-state index in [1.165, 1.54) is 23.7 Å². The molecule has 1 rings (SSSR count). The van der Waals surface area contributed by atoms with Crippen LogP contribution in [0.4, 0.5) is 0 Å². The molecule has 0 aromatic heterocycles. The van der Waals surface area contributed by atoms with Crippen molar-refractivity contribution in [1.82, 2.24) is 0 Å². The predicted molar refractivity (Wildman–Crippen MR) is 83.6 cm³/mol. The van der Waals surface area contributed by atoms with Gasteiger partial charge in [0.25, 0.3) is 0 Å². The third-order valence-electron chi connectivity index (χ3n) is 2.11. The molecule has 10 nitrogen and oxygen atoms in total. The van der Waals surface area contributed by atoms with E-state index in [2.05, 4.69) is 107 Å². The van der Waals surface area contributed by atoms with Gasteiger partial charge in [0.1, 0.15) is 0 Å². The maximum absolute atomic E-state index is 7.50. The average molecular weight is 516 g/mol. The number of rotatable bonds is 0. The second-order valence-corrected chi connectivity index (χ2v) is 3.02. The summed E-state index contributed by atoms with van der Waals surface area (Å²) >= 11 is 0. The Kier molecular flexibility index (Phi) is 370. The molecule has 0 amide bonds. The van der Waals surface area contributed by atoms with Crippen molar-refractivity contribution in [3.63, 3.8) is 0 Å². The molecule has 12 heteroatoms. The van der Waals surface area contributed by atoms with E-state index in [0.29, 0.717) is 0 Å². The zero-order chi connectivity index (χ0) is 27.7. The first kappa shape index (κ1) is 77.5. The summed E-state index contributed by atoms with van der Waals surface area (Å²) in [7, 11) is 0. The molecule has 0 saturated heterocycles. The third-order valence-corrected chi connectivity index (χ3v) is 2.11. The molecule has 0 atom stereocenters. The van der Waals surface area contributed by atoms with Gasteiger partial charge in [0.15, 0.2) is 0 Å². The molecule has 1 fully saturated rings. The second-order valence-electron chi connectivity index (χ2n) is 3.02. The zero-order valence-corrected chi connectivity index (χ0v) is 19.9. The smallest absolute Gasteiger partial charge is 0 e. The van der Waals surface area contributed by atoms with Crippen LogP contribution in [0.3, 0.4) is 0 Å². The normalized spacial score (nSPS) is 9.25. The fraction of sp³-hybridized carbons (Fsp3) is 0.200. The first-order valence-corrected chi connectivity index (χ1v) is 5.70. The van der Waals surface area contributed by atoms with E-state index in [9.17, 15) is 0 Å². The first-order chi connectivity index (χ1) is 14.6. The Hall–Kier alpha value is -1.43. The van der Waals surface area contributed by atoms with Crippen molar-refractivity contribution in [3.05, 3.63) is 103 Å². The molecule has 1 aliphatic carbocycles. The largest absolute Gasteiger partial charge is 0 e. The van der Waals surface area contributed by atoms with Gasteiger partial charge >= 0.3 is 113 Å². The van der Waals surface area contributed by atoms with Crippen LogP contribution in [0.5, 0.6) is 0 Å². The Bertz CT molecular complexity index is 346. The van der Waals surface area contributed by atoms with E-state index in [-0.39, 0.29) is 37.1 Å². The fourth-order valence-electron chi connectivity index (χ4n) is 1.10. The molecular formula is C20H14O10V2. The van der Waals surface area contributed by atoms with Gasteiger partial charge in [-0.05, 0) is 36.5 Å². The SMILES string of the molecule is C[C]1[CH][C](C)[C](C)[CH][C]1C.[C-]#[O+].[C-]#[O+].[C-]#[O+].[C-]#[O+].[C-]#[O+].[C-]#[O+].[C-]#[O+].[C-]#[O+].[C-]#[O+].[C-]#[O+].[V].[V]. The fourth-order valence-corrected chi connectivity index (χ4v) is 1.10. The van der Waals surface area contributed by atoms with Crippen molar-refractivity contribution in [2.75, 3.05) is 0 Å². The van der Waals surface area contributed by atoms with E-state index in [4.69, 9.17) is 46.5 Å². The van der Waals surface area contributed by atoms with E-state index < -0.39 is 0 Å². The Morgan fingerprint density at radius 2 is 0.375 bits per heavy atom. The summed E-state index contributed by atoms with van der Waals surface area (Å²) in [5.41, 5.74) is 0. The molecule has 1 saturated carbocycles. The standard InChI is InChI=1S/C10H14.10CO.2V/c1-7-5-9(3)10(4)6-8(7)2;10*1-2;;/h5-6H,1-4H3;;;;;;;;;;;;. The third kappa shape index (κ3) is 102. The van der Waals surface area contributed by atoms with Crippen molar-refractivity contribution in [2.45, 2.75) is 27.7 Å². The summed E-state index contributed by atoms with van der Waals surface area (Å²) in [6, 6.07) is 0. The van der Waals surface area contributed by atoms with Crippen molar-refractivity contribution in [1.29, 1.82) is 0 Å². The topological polar surface area (TPSA) is 199 Å². The van der Waals surface area contributed by atoms with Crippen molar-refractivity contribution in [2.24, 2.45) is 0 Å². The van der Waals surface area contributed by atoms with Crippen LogP contribution in [0.1, 0.15) is 27.7 Å². The van der Waals surface area contributed by atoms with Crippen LogP contribution in [0.2, 0.25) is 0 Å². The molecule has 0 bridgehead atoms. The van der Waals surface area contributed by atoms with Gasteiger partial charge in [0.05, 0.1) is 0 Å². The van der Waals surface area contributed by atoms with Crippen LogP contribution < -0.4 is 0 Å². The van der Waals surface area contributed by atoms with Gasteiger partial charge in [-0.2, -0.15) is 0 Å². The van der Waals surface area contributed by atoms with E-state index in [1.54, 1.807) is 0 Å². The molecule has 1 aliphatic rings. The van der Waals surface area contributed by atoms with Gasteiger partial charge in [-0.15, -0.1) is 0 Å². The molecule has 164 valence electrons. The molecule has 0 spiro atoms. The second kappa shape index (κ2) is 153. The summed E-state index contributed by atoms with van der Waals surface area (Å²) in [4.78, 5) is 0. The summed E-state index contributed by atoms with van der Waals surface area (Å²) in [6.07, 6.45) is 4.48. The molecule has 0 aromatic rings. The number of hydrogen-bond donors (Lipinski definition) is 0. The maximum atomic E-state index is 7.50. The molecular weight excluding hydrogens is 502 g/mol. The molecule has 0 heterocycles. The molecule has 0 unspecified atom stereocenters. The summed E-state index contributed by atoms with van der Waals surface area (Å²) in [5, 5.41) is 0. The Labute approximate surface area is 214 Å². The van der Waals surface area contributed by atoms with Crippen LogP contribution in [0, 0.1) is 103 Å². The van der Waals surface area contributed by atoms with Crippen LogP contribution in [0.25, 0.3) is 0 Å². The maximum Gasteiger partial charge on any atom is 0 e. The summed E-state index contributed by atoms with van der Waals surface area (Å²) in [6.45, 7) is 53.6. The van der Waals surface area contributed by atoms with Gasteiger partial charge < -0.3 is 0 Å². The molecule has 0 N–H and O–H groups in total. The molecule has 0 aromatic carbocycles. The van der Waals surface area contributed by atoms with E-state index >= 15 is 0 Å². The quantitative estimate of drug-likeness (QED) is 0.337. The van der Waals surface area contributed by atoms with Crippen LogP contribution in [-0.2, 0) is 83.6 Å². The Morgan fingerprint density at radius 1 is 0.312 bits per heavy atom. The molecule has 8 radical (unpaired) electrons. The Balaban J connectivity index is -0.0000000158. The summed E-state index contributed by atoms with van der Waals surface area (Å²) in [5.74, 6) is 5.57. The number of hydrogen-bond acceptors (Lipinski definition) is 0. The monoisotopic (exact) mass is 516 g/mol. The zero-order valence-electron chi connectivity index (χ0n) is 17.1. The van der Waals surface area contributed by atoms with Crippen LogP contribution >= 0.6 is 0 Å². The van der Waals surface area contributed by atoms with Gasteiger partial charge in [-0.25, -0.2) is 0 Å². The van der Waals surface area contributed by atoms with Gasteiger partial charge in [-0.3, -0.25) is 0 Å². The minimum atomic E-state index is 0. The van der Waals surface area contributed by atoms with Crippen molar-refractivity contribution in [3.8, 4) is 0 Å². The van der Waals surface area contributed by atoms with Gasteiger partial charge in [-0.1, -0.05) is 27.7 Å². The van der Waals surface area contributed by atoms with Gasteiger partial charge in [0.2, 0.25) is 0 Å². The Morgan fingerprint density at radius 3 is 0.438 bits per heavy atom. The van der Waals surface area contributed by atoms with Crippen molar-refractivity contribution < 1.29 is 83.6 Å². The first-order valence-electron chi connectivity index (χ1n) is 5.70. The van der Waals surface area contributed by atoms with Crippen LogP contribution in [-0.4, -0.2) is 0 Å². The average Bonchev–Trinajstić information content (AvgIpc) is 2.90. The van der Waals surface area contributed by atoms with Crippen LogP contribution in [0.15, 0.2) is 0 Å². The van der Waals surface area contributed by atoms with E-state index in [0.717, 1.165) is 0 Å². The molecule has 32 heavy (non-hydrogen) atoms.